The fraction of sp³-hybridized carbons (Fsp3) is 0.192. The zero-order valence-corrected chi connectivity index (χ0v) is 18.1. The highest BCUT2D eigenvalue weighted by Gasteiger charge is 2.35. The molecule has 4 rings (SSSR count). The van der Waals surface area contributed by atoms with Crippen LogP contribution in [0, 0.1) is 5.41 Å². The average molecular weight is 428 g/mol. The molecule has 3 aromatic rings. The summed E-state index contributed by atoms with van der Waals surface area (Å²) in [6, 6.07) is 20.5. The fourth-order valence-corrected chi connectivity index (χ4v) is 3.88. The van der Waals surface area contributed by atoms with Crippen LogP contribution in [0.4, 0.5) is 0 Å². The molecule has 1 heterocycles. The molecular formula is C26H24N2O4. The second-order valence-electron chi connectivity index (χ2n) is 7.62. The number of nitrogens with zero attached hydrogens (tertiary/aromatic N) is 1. The van der Waals surface area contributed by atoms with E-state index in [1.165, 1.54) is 12.0 Å². The van der Waals surface area contributed by atoms with Crippen LogP contribution in [0.25, 0.3) is 0 Å². The smallest absolute Gasteiger partial charge is 0.261 e. The van der Waals surface area contributed by atoms with Crippen LogP contribution >= 0.6 is 0 Å². The average Bonchev–Trinajstić information content (AvgIpc) is 3.08. The minimum Gasteiger partial charge on any atom is -0.496 e. The van der Waals surface area contributed by atoms with Gasteiger partial charge in [-0.05, 0) is 59.9 Å². The van der Waals surface area contributed by atoms with Gasteiger partial charge in [-0.15, -0.1) is 0 Å². The van der Waals surface area contributed by atoms with Gasteiger partial charge in [-0.25, -0.2) is 0 Å². The third kappa shape index (κ3) is 4.12. The van der Waals surface area contributed by atoms with Crippen molar-refractivity contribution in [1.29, 1.82) is 5.41 Å². The van der Waals surface area contributed by atoms with Crippen molar-refractivity contribution in [3.05, 3.63) is 100 Å². The summed E-state index contributed by atoms with van der Waals surface area (Å²) < 4.78 is 10.5. The van der Waals surface area contributed by atoms with Gasteiger partial charge in [0.2, 0.25) is 5.90 Å². The topological polar surface area (TPSA) is 79.7 Å². The molecule has 0 fully saturated rings. The summed E-state index contributed by atoms with van der Waals surface area (Å²) in [6.45, 7) is 0.204. The van der Waals surface area contributed by atoms with E-state index in [2.05, 4.69) is 0 Å². The van der Waals surface area contributed by atoms with E-state index in [4.69, 9.17) is 14.9 Å². The summed E-state index contributed by atoms with van der Waals surface area (Å²) in [5.41, 5.74) is 4.68. The van der Waals surface area contributed by atoms with Crippen LogP contribution in [-0.2, 0) is 24.1 Å². The van der Waals surface area contributed by atoms with Gasteiger partial charge in [0, 0.05) is 5.56 Å². The number of ether oxygens (including phenoxy) is 2. The molecule has 0 saturated carbocycles. The van der Waals surface area contributed by atoms with Gasteiger partial charge in [0.05, 0.1) is 31.9 Å². The lowest BCUT2D eigenvalue weighted by Crippen LogP contribution is -2.29. The SMILES string of the molecule is COC(=N)c1ccc(CCc2ccc(CN3C(=O)c4ccccc4C3=O)cc2OC)cc1. The summed E-state index contributed by atoms with van der Waals surface area (Å²) in [5.74, 6) is 0.348. The van der Waals surface area contributed by atoms with E-state index in [9.17, 15) is 9.59 Å². The maximum Gasteiger partial charge on any atom is 0.261 e. The van der Waals surface area contributed by atoms with Gasteiger partial charge in [0.25, 0.3) is 11.8 Å². The van der Waals surface area contributed by atoms with Gasteiger partial charge in [0.15, 0.2) is 0 Å². The van der Waals surface area contributed by atoms with E-state index in [1.54, 1.807) is 31.4 Å². The van der Waals surface area contributed by atoms with E-state index in [0.29, 0.717) is 11.1 Å². The third-order valence-electron chi connectivity index (χ3n) is 5.67. The molecule has 6 heteroatoms. The Morgan fingerprint density at radius 1 is 0.844 bits per heavy atom. The highest BCUT2D eigenvalue weighted by molar-refractivity contribution is 6.21. The summed E-state index contributed by atoms with van der Waals surface area (Å²) in [4.78, 5) is 26.5. The number of rotatable bonds is 7. The van der Waals surface area contributed by atoms with Crippen LogP contribution in [-0.4, -0.2) is 36.8 Å². The molecule has 1 aliphatic rings. The van der Waals surface area contributed by atoms with Crippen molar-refractivity contribution in [3.63, 3.8) is 0 Å². The predicted octanol–water partition coefficient (Wildman–Crippen LogP) is 4.25. The molecule has 32 heavy (non-hydrogen) atoms. The quantitative estimate of drug-likeness (QED) is 0.347. The Labute approximate surface area is 186 Å². The number of benzene rings is 3. The van der Waals surface area contributed by atoms with Gasteiger partial charge in [-0.2, -0.15) is 0 Å². The number of methoxy groups -OCH3 is 2. The molecule has 162 valence electrons. The molecule has 6 nitrogen and oxygen atoms in total. The van der Waals surface area contributed by atoms with E-state index in [1.807, 2.05) is 42.5 Å². The lowest BCUT2D eigenvalue weighted by atomic mass is 10.0. The second-order valence-corrected chi connectivity index (χ2v) is 7.62. The predicted molar refractivity (Wildman–Crippen MR) is 121 cm³/mol. The first-order valence-corrected chi connectivity index (χ1v) is 10.3. The lowest BCUT2D eigenvalue weighted by Gasteiger charge is -2.16. The van der Waals surface area contributed by atoms with Gasteiger partial charge in [-0.1, -0.05) is 36.4 Å². The maximum absolute atomic E-state index is 12.6. The fourth-order valence-electron chi connectivity index (χ4n) is 3.88. The Bertz CT molecular complexity index is 1150. The molecule has 3 aromatic carbocycles. The molecule has 0 unspecified atom stereocenters. The zero-order chi connectivity index (χ0) is 22.7. The number of fused-ring (bicyclic) bond motifs is 1. The molecule has 1 aliphatic heterocycles. The van der Waals surface area contributed by atoms with E-state index in [-0.39, 0.29) is 24.3 Å². The van der Waals surface area contributed by atoms with Crippen LogP contribution in [0.5, 0.6) is 5.75 Å². The molecule has 2 amide bonds. The van der Waals surface area contributed by atoms with Gasteiger partial charge < -0.3 is 9.47 Å². The van der Waals surface area contributed by atoms with Crippen LogP contribution in [0.3, 0.4) is 0 Å². The van der Waals surface area contributed by atoms with Gasteiger partial charge in [0.1, 0.15) is 5.75 Å². The Kier molecular flexibility index (Phi) is 6.03. The summed E-state index contributed by atoms with van der Waals surface area (Å²) in [5, 5.41) is 7.72. The van der Waals surface area contributed by atoms with Crippen molar-refractivity contribution in [1.82, 2.24) is 4.90 Å². The number of aryl methyl sites for hydroxylation is 2. The summed E-state index contributed by atoms with van der Waals surface area (Å²) in [6.07, 6.45) is 1.59. The van der Waals surface area contributed by atoms with Crippen LogP contribution in [0.15, 0.2) is 66.7 Å². The normalized spacial score (nSPS) is 12.6. The summed E-state index contributed by atoms with van der Waals surface area (Å²) in [7, 11) is 3.11. The number of carbonyl (C=O) groups is 2. The zero-order valence-electron chi connectivity index (χ0n) is 18.1. The number of hydrogen-bond donors (Lipinski definition) is 1. The van der Waals surface area contributed by atoms with E-state index >= 15 is 0 Å². The van der Waals surface area contributed by atoms with Crippen LogP contribution in [0.2, 0.25) is 0 Å². The number of amides is 2. The van der Waals surface area contributed by atoms with E-state index < -0.39 is 0 Å². The minimum atomic E-state index is -0.265. The van der Waals surface area contributed by atoms with Crippen molar-refractivity contribution in [3.8, 4) is 5.75 Å². The molecule has 0 aromatic heterocycles. The first-order valence-electron chi connectivity index (χ1n) is 10.3. The molecule has 0 aliphatic carbocycles. The Balaban J connectivity index is 1.45. The number of imide groups is 1. The van der Waals surface area contributed by atoms with Gasteiger partial charge in [-0.3, -0.25) is 19.9 Å². The largest absolute Gasteiger partial charge is 0.496 e. The molecule has 0 saturated heterocycles. The second kappa shape index (κ2) is 9.06. The maximum atomic E-state index is 12.6. The lowest BCUT2D eigenvalue weighted by molar-refractivity contribution is 0.0642. The van der Waals surface area contributed by atoms with Crippen LogP contribution in [0.1, 0.15) is 43.0 Å². The number of hydrogen-bond acceptors (Lipinski definition) is 5. The Morgan fingerprint density at radius 2 is 1.47 bits per heavy atom. The standard InChI is InChI=1S/C26H24N2O4/c1-31-23-15-18(16-28-25(29)21-5-3-4-6-22(21)26(28)30)10-12-19(23)11-7-17-8-13-20(14-9-17)24(27)32-2/h3-6,8-10,12-15,27H,7,11,16H2,1-2H3. The molecule has 1 N–H and O–H groups in total. The third-order valence-corrected chi connectivity index (χ3v) is 5.67. The Morgan fingerprint density at radius 3 is 2.06 bits per heavy atom. The van der Waals surface area contributed by atoms with Crippen molar-refractivity contribution >= 4 is 17.7 Å². The number of carbonyl (C=O) groups excluding carboxylic acids is 2. The Hall–Kier alpha value is -3.93. The molecule has 0 radical (unpaired) electrons. The molecule has 0 bridgehead atoms. The van der Waals surface area contributed by atoms with E-state index in [0.717, 1.165) is 40.8 Å². The monoisotopic (exact) mass is 428 g/mol. The molecular weight excluding hydrogens is 404 g/mol. The van der Waals surface area contributed by atoms with Crippen molar-refractivity contribution in [2.75, 3.05) is 14.2 Å². The first-order chi connectivity index (χ1) is 15.5. The highest BCUT2D eigenvalue weighted by Crippen LogP contribution is 2.27. The first kappa shape index (κ1) is 21.3. The van der Waals surface area contributed by atoms with Gasteiger partial charge >= 0.3 is 0 Å². The highest BCUT2D eigenvalue weighted by atomic mass is 16.5. The molecule has 0 atom stereocenters. The van der Waals surface area contributed by atoms with Crippen molar-refractivity contribution < 1.29 is 19.1 Å². The van der Waals surface area contributed by atoms with Crippen molar-refractivity contribution in [2.24, 2.45) is 0 Å². The van der Waals surface area contributed by atoms with Crippen molar-refractivity contribution in [2.45, 2.75) is 19.4 Å². The summed E-state index contributed by atoms with van der Waals surface area (Å²) >= 11 is 0. The molecule has 0 spiro atoms. The minimum absolute atomic E-state index is 0.145. The van der Waals surface area contributed by atoms with Crippen LogP contribution < -0.4 is 4.74 Å². The number of nitrogens with one attached hydrogen (secondary N) is 1.